The molecule has 258 valence electrons. The number of nitrogens with two attached hydrogens (primary N) is 1. The van der Waals surface area contributed by atoms with E-state index < -0.39 is 101 Å². The number of phenolic OH excluding ortho intramolecular Hbond substituents is 3. The van der Waals surface area contributed by atoms with Crippen LogP contribution in [0.15, 0.2) is 18.2 Å². The Labute approximate surface area is 271 Å². The Balaban J connectivity index is 1.48. The van der Waals surface area contributed by atoms with Gasteiger partial charge in [0.1, 0.15) is 23.4 Å². The second-order valence-electron chi connectivity index (χ2n) is 12.9. The van der Waals surface area contributed by atoms with Gasteiger partial charge >= 0.3 is 0 Å². The molecule has 1 saturated heterocycles. The van der Waals surface area contributed by atoms with Crippen LogP contribution in [0, 0.1) is 0 Å². The molecule has 47 heavy (non-hydrogen) atoms. The van der Waals surface area contributed by atoms with E-state index in [1.807, 2.05) is 0 Å². The lowest BCUT2D eigenvalue weighted by Crippen LogP contribution is -2.55. The minimum Gasteiger partial charge on any atom is -0.507 e. The van der Waals surface area contributed by atoms with Gasteiger partial charge in [-0.3, -0.25) is 9.59 Å². The van der Waals surface area contributed by atoms with Crippen molar-refractivity contribution in [3.8, 4) is 17.2 Å². The maximum atomic E-state index is 13.6. The molecule has 0 spiro atoms. The van der Waals surface area contributed by atoms with Crippen molar-refractivity contribution in [3.05, 3.63) is 51.6 Å². The van der Waals surface area contributed by atoms with Gasteiger partial charge in [0.2, 0.25) is 5.78 Å². The van der Waals surface area contributed by atoms with Crippen molar-refractivity contribution < 1.29 is 64.3 Å². The highest BCUT2D eigenvalue weighted by Crippen LogP contribution is 2.53. The topological polar surface area (TPSA) is 239 Å². The summed E-state index contributed by atoms with van der Waals surface area (Å²) in [6, 6.07) is 3.22. The third-order valence-electron chi connectivity index (χ3n) is 9.19. The number of aliphatic hydroxyl groups excluding tert-OH is 3. The first-order valence-electron chi connectivity index (χ1n) is 15.7. The van der Waals surface area contributed by atoms with E-state index in [0.717, 1.165) is 0 Å². The fraction of sp³-hybridized carbons (Fsp3) is 0.576. The van der Waals surface area contributed by atoms with E-state index in [-0.39, 0.29) is 54.5 Å². The summed E-state index contributed by atoms with van der Waals surface area (Å²) in [7, 11) is 0. The number of rotatable bonds is 10. The molecule has 1 heterocycles. The van der Waals surface area contributed by atoms with Crippen LogP contribution < -0.4 is 5.73 Å². The third kappa shape index (κ3) is 6.49. The van der Waals surface area contributed by atoms with E-state index in [4.69, 9.17) is 24.7 Å². The lowest BCUT2D eigenvalue weighted by molar-refractivity contribution is -0.286. The number of benzene rings is 2. The molecule has 5 rings (SSSR count). The summed E-state index contributed by atoms with van der Waals surface area (Å²) in [4.78, 5) is 27.1. The van der Waals surface area contributed by atoms with Gasteiger partial charge in [0.05, 0.1) is 59.4 Å². The highest BCUT2D eigenvalue weighted by atomic mass is 16.7. The second-order valence-corrected chi connectivity index (χ2v) is 12.9. The van der Waals surface area contributed by atoms with Gasteiger partial charge in [0.25, 0.3) is 0 Å². The normalized spacial score (nSPS) is 29.8. The van der Waals surface area contributed by atoms with Crippen LogP contribution in [0.2, 0.25) is 0 Å². The fourth-order valence-electron chi connectivity index (χ4n) is 6.68. The van der Waals surface area contributed by atoms with Gasteiger partial charge in [-0.1, -0.05) is 12.1 Å². The van der Waals surface area contributed by atoms with Crippen molar-refractivity contribution in [1.82, 2.24) is 0 Å². The quantitative estimate of drug-likeness (QED) is 0.112. The molecule has 10 atom stereocenters. The summed E-state index contributed by atoms with van der Waals surface area (Å²) in [5, 5.41) is 74.9. The average molecular weight is 662 g/mol. The minimum absolute atomic E-state index is 0.0429. The molecule has 3 aliphatic rings. The van der Waals surface area contributed by atoms with Crippen LogP contribution in [0.1, 0.15) is 96.0 Å². The Morgan fingerprint density at radius 2 is 1.72 bits per heavy atom. The second kappa shape index (κ2) is 13.4. The number of aromatic hydroxyl groups is 3. The molecule has 1 fully saturated rings. The van der Waals surface area contributed by atoms with E-state index in [9.17, 15) is 45.3 Å². The largest absolute Gasteiger partial charge is 0.507 e. The molecule has 14 nitrogen and oxygen atoms in total. The molecule has 0 aromatic heterocycles. The van der Waals surface area contributed by atoms with Gasteiger partial charge in [-0.25, -0.2) is 0 Å². The summed E-state index contributed by atoms with van der Waals surface area (Å²) in [6.45, 7) is 5.99. The standard InChI is InChI=1S/C33H43NO13/c1-13(36)8-22(44-14(2)12-35)47-32-15(3)45-23(9-19(32)34)46-21-11-33(43,16(4)37)10-18-25(21)31(42)27-26(29(18)40)28(39)17-6-5-7-20(38)24(17)30(27)41/h5-7,13-16,19,21-23,32,35-38,40,42-43H,8-12,34H2,1-4H3/t13-,14+,15-,16+,19-,21?,22?,23?,32+,33-/m0/s1. The van der Waals surface area contributed by atoms with E-state index in [1.54, 1.807) is 20.8 Å². The van der Waals surface area contributed by atoms with Gasteiger partial charge in [-0.2, -0.15) is 0 Å². The first-order valence-corrected chi connectivity index (χ1v) is 15.7. The van der Waals surface area contributed by atoms with Gasteiger partial charge in [0, 0.05) is 48.4 Å². The minimum atomic E-state index is -1.88. The van der Waals surface area contributed by atoms with Crippen molar-refractivity contribution in [2.24, 2.45) is 5.73 Å². The van der Waals surface area contributed by atoms with Crippen LogP contribution in [-0.4, -0.2) is 109 Å². The van der Waals surface area contributed by atoms with Crippen molar-refractivity contribution in [3.63, 3.8) is 0 Å². The predicted octanol–water partition coefficient (Wildman–Crippen LogP) is 1.04. The maximum Gasteiger partial charge on any atom is 0.202 e. The lowest BCUT2D eigenvalue weighted by atomic mass is 9.71. The molecule has 3 unspecified atom stereocenters. The summed E-state index contributed by atoms with van der Waals surface area (Å²) < 4.78 is 24.2. The first kappa shape index (κ1) is 35.1. The van der Waals surface area contributed by atoms with Gasteiger partial charge < -0.3 is 60.4 Å². The highest BCUT2D eigenvalue weighted by Gasteiger charge is 2.49. The van der Waals surface area contributed by atoms with Crippen LogP contribution in [0.5, 0.6) is 17.2 Å². The summed E-state index contributed by atoms with van der Waals surface area (Å²) in [5.74, 6) is -3.48. The number of ether oxygens (including phenoxy) is 4. The molecule has 0 bridgehead atoms. The van der Waals surface area contributed by atoms with Crippen LogP contribution >= 0.6 is 0 Å². The zero-order valence-corrected chi connectivity index (χ0v) is 26.6. The number of hydrogen-bond donors (Lipinski definition) is 8. The van der Waals surface area contributed by atoms with Crippen molar-refractivity contribution in [2.75, 3.05) is 6.61 Å². The Hall–Kier alpha value is -3.18. The SMILES string of the molecule is C[C@H](O)CC(O[C@@H]1[C@H](C)OC(OC2C[C@](O)([C@@H](C)O)Cc3c(O)c4c(c(O)c32)C(=O)c2c(O)cccc2C4=O)C[C@@H]1N)O[C@H](C)CO. The molecule has 0 saturated carbocycles. The van der Waals surface area contributed by atoms with Crippen LogP contribution in [0.4, 0.5) is 0 Å². The Morgan fingerprint density at radius 3 is 2.34 bits per heavy atom. The molecule has 9 N–H and O–H groups in total. The van der Waals surface area contributed by atoms with Crippen LogP contribution in [-0.2, 0) is 25.4 Å². The molecule has 14 heteroatoms. The van der Waals surface area contributed by atoms with Crippen molar-refractivity contribution >= 4 is 11.6 Å². The molecule has 2 aromatic rings. The summed E-state index contributed by atoms with van der Waals surface area (Å²) in [6.07, 6.45) is -7.85. The Bertz CT molecular complexity index is 1510. The number of carbonyl (C=O) groups excluding carboxylic acids is 2. The van der Waals surface area contributed by atoms with E-state index in [1.165, 1.54) is 25.1 Å². The zero-order chi connectivity index (χ0) is 34.5. The smallest absolute Gasteiger partial charge is 0.202 e. The molecule has 2 aliphatic carbocycles. The van der Waals surface area contributed by atoms with Crippen molar-refractivity contribution in [2.45, 2.75) is 114 Å². The lowest BCUT2D eigenvalue weighted by Gasteiger charge is -2.44. The van der Waals surface area contributed by atoms with E-state index >= 15 is 0 Å². The monoisotopic (exact) mass is 661 g/mol. The van der Waals surface area contributed by atoms with Gasteiger partial charge in [-0.15, -0.1) is 0 Å². The molecular weight excluding hydrogens is 618 g/mol. The molecular formula is C33H43NO13. The Morgan fingerprint density at radius 1 is 1.04 bits per heavy atom. The zero-order valence-electron chi connectivity index (χ0n) is 26.6. The first-order chi connectivity index (χ1) is 22.1. The van der Waals surface area contributed by atoms with Crippen molar-refractivity contribution in [1.29, 1.82) is 0 Å². The number of aliphatic hydroxyl groups is 4. The predicted molar refractivity (Wildman–Crippen MR) is 163 cm³/mol. The summed E-state index contributed by atoms with van der Waals surface area (Å²) >= 11 is 0. The van der Waals surface area contributed by atoms with Crippen LogP contribution in [0.25, 0.3) is 0 Å². The number of phenols is 3. The average Bonchev–Trinajstić information content (AvgIpc) is 2.98. The highest BCUT2D eigenvalue weighted by molar-refractivity contribution is 6.31. The molecule has 1 aliphatic heterocycles. The maximum absolute atomic E-state index is 13.6. The Kier molecular flexibility index (Phi) is 10.0. The van der Waals surface area contributed by atoms with E-state index in [0.29, 0.717) is 0 Å². The van der Waals surface area contributed by atoms with E-state index in [2.05, 4.69) is 0 Å². The molecule has 2 aromatic carbocycles. The van der Waals surface area contributed by atoms with Gasteiger partial charge in [0.15, 0.2) is 18.4 Å². The number of hydrogen-bond acceptors (Lipinski definition) is 14. The van der Waals surface area contributed by atoms with Crippen LogP contribution in [0.3, 0.4) is 0 Å². The van der Waals surface area contributed by atoms with Gasteiger partial charge in [-0.05, 0) is 33.8 Å². The summed E-state index contributed by atoms with van der Waals surface area (Å²) in [5.41, 5.74) is 3.00. The number of fused-ring (bicyclic) bond motifs is 3. The number of carbonyl (C=O) groups is 2. The third-order valence-corrected chi connectivity index (χ3v) is 9.19. The molecule has 0 radical (unpaired) electrons. The number of ketones is 2. The fourth-order valence-corrected chi connectivity index (χ4v) is 6.68. The molecule has 0 amide bonds.